The van der Waals surface area contributed by atoms with Gasteiger partial charge in [0.1, 0.15) is 42.3 Å². The number of rotatable bonds is 26. The maximum atomic E-state index is 14.2. The molecule has 16 N–H and O–H groups in total. The number of amides is 9. The number of hydrogen-bond donors (Lipinski definition) is 12. The van der Waals surface area contributed by atoms with Crippen LogP contribution >= 0.6 is 0 Å². The lowest BCUT2D eigenvalue weighted by Gasteiger charge is -2.28. The second kappa shape index (κ2) is 27.6. The maximum Gasteiger partial charge on any atom is 0.245 e. The van der Waals surface area contributed by atoms with E-state index in [1.54, 1.807) is 74.5 Å². The number of carbonyl (C=O) groups excluding carboxylic acids is 9. The van der Waals surface area contributed by atoms with Crippen LogP contribution in [0.5, 0.6) is 0 Å². The predicted molar refractivity (Wildman–Crippen MR) is 255 cm³/mol. The van der Waals surface area contributed by atoms with Crippen LogP contribution in [0.25, 0.3) is 0 Å². The van der Waals surface area contributed by atoms with Gasteiger partial charge < -0.3 is 70.2 Å². The number of likely N-dealkylation sites (tertiary alicyclic amines) is 1. The van der Waals surface area contributed by atoms with Crippen molar-refractivity contribution in [1.29, 1.82) is 0 Å². The van der Waals surface area contributed by atoms with Crippen LogP contribution in [-0.2, 0) is 56.0 Å². The fourth-order valence-electron chi connectivity index (χ4n) is 7.38. The minimum absolute atomic E-state index is 0.0476. The molecule has 23 nitrogen and oxygen atoms in total. The van der Waals surface area contributed by atoms with Gasteiger partial charge in [-0.25, -0.2) is 0 Å². The average molecular weight is 964 g/mol. The zero-order chi connectivity index (χ0) is 51.4. The highest BCUT2D eigenvalue weighted by Gasteiger charge is 2.38. The Morgan fingerprint density at radius 3 is 1.75 bits per heavy atom. The van der Waals surface area contributed by atoms with Crippen molar-refractivity contribution >= 4 is 59.1 Å². The third-order valence-corrected chi connectivity index (χ3v) is 11.2. The van der Waals surface area contributed by atoms with Crippen LogP contribution in [0.3, 0.4) is 0 Å². The molecule has 0 radical (unpaired) electrons. The van der Waals surface area contributed by atoms with Crippen molar-refractivity contribution in [2.24, 2.45) is 33.8 Å². The molecule has 0 aromatic heterocycles. The maximum absolute atomic E-state index is 14.2. The van der Waals surface area contributed by atoms with Gasteiger partial charge >= 0.3 is 0 Å². The largest absolute Gasteiger partial charge is 0.391 e. The number of carbonyl (C=O) groups is 9. The average Bonchev–Trinajstić information content (AvgIpc) is 3.79. The molecule has 0 unspecified atom stereocenters. The Balaban J connectivity index is 1.75. The van der Waals surface area contributed by atoms with Gasteiger partial charge in [-0.05, 0) is 63.5 Å². The van der Waals surface area contributed by atoms with E-state index < -0.39 is 120 Å². The summed E-state index contributed by atoms with van der Waals surface area (Å²) in [5.41, 5.74) is 23.2. The molecule has 0 saturated carbocycles. The molecule has 1 aliphatic rings. The summed E-state index contributed by atoms with van der Waals surface area (Å²) < 4.78 is 0. The summed E-state index contributed by atoms with van der Waals surface area (Å²) in [4.78, 5) is 125. The van der Waals surface area contributed by atoms with Crippen LogP contribution < -0.4 is 60.2 Å². The van der Waals surface area contributed by atoms with Crippen molar-refractivity contribution in [3.63, 3.8) is 0 Å². The Hall–Kier alpha value is -7.14. The quantitative estimate of drug-likeness (QED) is 0.0247. The van der Waals surface area contributed by atoms with Gasteiger partial charge in [-0.15, -0.1) is 0 Å². The molecule has 69 heavy (non-hydrogen) atoms. The number of nitrogens with zero attached hydrogens (tertiary/aromatic N) is 2. The summed E-state index contributed by atoms with van der Waals surface area (Å²) in [6.45, 7) is 7.28. The SMILES string of the molecule is CC(C)[C@H](NC(=O)[C@H](C)NC(=O)[C@H](Cc1ccccc1)NC(=O)[C@H](Cc1ccccc1)NC(=O)CNC(=O)[C@@H](NC(=O)[C@@H]1CCCN1C(=O)[C@H](C)N)[C@@H](C)O)C(=O)N[C@@H](CCCN=C(N)N)C(N)=O. The first kappa shape index (κ1) is 56.2. The number of aliphatic hydroxyl groups is 1. The second-order valence-electron chi connectivity index (χ2n) is 17.4. The molecular formula is C46H69N13O10. The standard InChI is InChI=1S/C46H69N13O10/c1-25(2)36(44(68)55-31(38(48)62)18-12-20-51-46(49)50)57-39(63)27(4)53-40(64)33(23-30-16-10-7-11-17-30)56-41(65)32(22-29-14-8-6-9-15-29)54-35(61)24-52-43(67)37(28(5)60)58-42(66)34-19-13-21-59(34)45(69)26(3)47/h6-11,14-17,25-28,31-34,36-37,60H,12-13,18-24,47H2,1-5H3,(H2,48,62)(H,52,67)(H,53,64)(H,54,61)(H,55,68)(H,56,65)(H,57,63)(H,58,66)(H4,49,50,51)/t26-,27-,28+,31-,32-,33-,34-,36-,37-/m0/s1. The van der Waals surface area contributed by atoms with Gasteiger partial charge in [-0.1, -0.05) is 74.5 Å². The molecule has 2 aromatic carbocycles. The third-order valence-electron chi connectivity index (χ3n) is 11.2. The van der Waals surface area contributed by atoms with Crippen molar-refractivity contribution in [2.75, 3.05) is 19.6 Å². The number of benzene rings is 2. The monoisotopic (exact) mass is 964 g/mol. The number of hydrogen-bond acceptors (Lipinski definition) is 12. The summed E-state index contributed by atoms with van der Waals surface area (Å²) in [5, 5.41) is 28.4. The smallest absolute Gasteiger partial charge is 0.245 e. The molecule has 0 spiro atoms. The Bertz CT molecular complexity index is 2120. The minimum Gasteiger partial charge on any atom is -0.391 e. The molecule has 23 heteroatoms. The number of aliphatic imine (C=N–C) groups is 1. The van der Waals surface area contributed by atoms with Gasteiger partial charge in [0.15, 0.2) is 5.96 Å². The van der Waals surface area contributed by atoms with E-state index in [-0.39, 0.29) is 31.8 Å². The molecule has 9 atom stereocenters. The Morgan fingerprint density at radius 1 is 0.681 bits per heavy atom. The summed E-state index contributed by atoms with van der Waals surface area (Å²) in [6, 6.07) is 7.97. The number of guanidine groups is 1. The number of primary amides is 1. The van der Waals surface area contributed by atoms with Crippen LogP contribution in [0, 0.1) is 5.92 Å². The van der Waals surface area contributed by atoms with Crippen molar-refractivity contribution in [3.8, 4) is 0 Å². The number of aliphatic hydroxyl groups excluding tert-OH is 1. The van der Waals surface area contributed by atoms with Gasteiger partial charge in [0.2, 0.25) is 53.2 Å². The highest BCUT2D eigenvalue weighted by atomic mass is 16.3. The van der Waals surface area contributed by atoms with Crippen LogP contribution in [0.2, 0.25) is 0 Å². The first-order valence-electron chi connectivity index (χ1n) is 22.8. The Kier molecular flexibility index (Phi) is 22.5. The summed E-state index contributed by atoms with van der Waals surface area (Å²) >= 11 is 0. The van der Waals surface area contributed by atoms with E-state index in [1.807, 2.05) is 0 Å². The van der Waals surface area contributed by atoms with E-state index >= 15 is 0 Å². The topological polar surface area (TPSA) is 378 Å². The molecule has 1 fully saturated rings. The Labute approximate surface area is 401 Å². The van der Waals surface area contributed by atoms with E-state index in [0.717, 1.165) is 0 Å². The lowest BCUT2D eigenvalue weighted by Crippen LogP contribution is -2.60. The molecule has 2 aromatic rings. The molecule has 1 heterocycles. The van der Waals surface area contributed by atoms with Gasteiger partial charge in [0.05, 0.1) is 18.7 Å². The van der Waals surface area contributed by atoms with E-state index in [2.05, 4.69) is 42.2 Å². The normalized spacial score (nSPS) is 16.7. The van der Waals surface area contributed by atoms with Crippen molar-refractivity contribution in [3.05, 3.63) is 71.8 Å². The molecule has 1 aliphatic heterocycles. The fraction of sp³-hybridized carbons (Fsp3) is 0.522. The van der Waals surface area contributed by atoms with Crippen molar-refractivity contribution < 1.29 is 48.3 Å². The predicted octanol–water partition coefficient (Wildman–Crippen LogP) is -3.57. The molecule has 378 valence electrons. The molecule has 9 amide bonds. The van der Waals surface area contributed by atoms with Crippen LogP contribution in [-0.4, -0.2) is 143 Å². The third kappa shape index (κ3) is 18.5. The minimum atomic E-state index is -1.51. The second-order valence-corrected chi connectivity index (χ2v) is 17.4. The first-order valence-corrected chi connectivity index (χ1v) is 22.8. The van der Waals surface area contributed by atoms with E-state index in [9.17, 15) is 48.3 Å². The highest BCUT2D eigenvalue weighted by Crippen LogP contribution is 2.19. The molecule has 3 rings (SSSR count). The summed E-state index contributed by atoms with van der Waals surface area (Å²) in [6.07, 6.45) is -0.223. The summed E-state index contributed by atoms with van der Waals surface area (Å²) in [5.74, 6) is -7.29. The lowest BCUT2D eigenvalue weighted by atomic mass is 10.0. The molecule has 0 aliphatic carbocycles. The number of nitrogens with two attached hydrogens (primary N) is 4. The first-order chi connectivity index (χ1) is 32.6. The fourth-order valence-corrected chi connectivity index (χ4v) is 7.38. The summed E-state index contributed by atoms with van der Waals surface area (Å²) in [7, 11) is 0. The zero-order valence-corrected chi connectivity index (χ0v) is 39.7. The van der Waals surface area contributed by atoms with E-state index in [0.29, 0.717) is 36.9 Å². The molecule has 1 saturated heterocycles. The van der Waals surface area contributed by atoms with Crippen LogP contribution in [0.15, 0.2) is 65.7 Å². The zero-order valence-electron chi connectivity index (χ0n) is 39.7. The van der Waals surface area contributed by atoms with Gasteiger partial charge in [0, 0.05) is 25.9 Å². The van der Waals surface area contributed by atoms with Crippen molar-refractivity contribution in [1.82, 2.24) is 42.1 Å². The highest BCUT2D eigenvalue weighted by molar-refractivity contribution is 5.98. The van der Waals surface area contributed by atoms with Gasteiger partial charge in [0.25, 0.3) is 0 Å². The van der Waals surface area contributed by atoms with E-state index in [4.69, 9.17) is 22.9 Å². The Morgan fingerprint density at radius 2 is 1.23 bits per heavy atom. The molecule has 0 bridgehead atoms. The number of nitrogens with one attached hydrogen (secondary N) is 7. The van der Waals surface area contributed by atoms with Crippen molar-refractivity contribution in [2.45, 2.75) is 128 Å². The van der Waals surface area contributed by atoms with E-state index in [1.165, 1.54) is 25.7 Å². The van der Waals surface area contributed by atoms with Gasteiger partial charge in [-0.2, -0.15) is 0 Å². The van der Waals surface area contributed by atoms with Crippen LogP contribution in [0.1, 0.15) is 71.4 Å². The lowest BCUT2D eigenvalue weighted by molar-refractivity contribution is -0.141. The van der Waals surface area contributed by atoms with Gasteiger partial charge in [-0.3, -0.25) is 48.1 Å². The van der Waals surface area contributed by atoms with Crippen LogP contribution in [0.4, 0.5) is 0 Å². The molecular weight excluding hydrogens is 895 g/mol.